The third kappa shape index (κ3) is 2.58. The van der Waals surface area contributed by atoms with Crippen molar-refractivity contribution in [2.24, 2.45) is 11.7 Å². The number of carbonyl (C=O) groups excluding carboxylic acids is 1. The number of carbonyl (C=O) groups is 1. The second-order valence-electron chi connectivity index (χ2n) is 6.51. The third-order valence-corrected chi connectivity index (χ3v) is 5.03. The summed E-state index contributed by atoms with van der Waals surface area (Å²) in [6.07, 6.45) is 9.22. The molecule has 1 aromatic carbocycles. The number of aromatic nitrogens is 3. The molecule has 2 aromatic heterocycles. The van der Waals surface area contributed by atoms with Crippen LogP contribution in [0.2, 0.25) is 0 Å². The number of benzene rings is 1. The second kappa shape index (κ2) is 5.78. The fraction of sp³-hybridized carbons (Fsp3) is 0.333. The van der Waals surface area contributed by atoms with Gasteiger partial charge in [0, 0.05) is 40.3 Å². The number of amides is 1. The van der Waals surface area contributed by atoms with Crippen LogP contribution in [0.1, 0.15) is 31.7 Å². The zero-order valence-electron chi connectivity index (χ0n) is 13.2. The Bertz CT molecular complexity index is 889. The molecule has 24 heavy (non-hydrogen) atoms. The van der Waals surface area contributed by atoms with Gasteiger partial charge in [0.15, 0.2) is 0 Å². The zero-order valence-corrected chi connectivity index (χ0v) is 13.2. The monoisotopic (exact) mass is 326 g/mol. The van der Waals surface area contributed by atoms with Crippen molar-refractivity contribution < 1.29 is 9.18 Å². The summed E-state index contributed by atoms with van der Waals surface area (Å²) < 4.78 is 15.3. The Hall–Kier alpha value is -2.63. The minimum absolute atomic E-state index is 0.000188. The SMILES string of the molecule is NC(=O)[C@H]1CC[C@@H](n2cc(-c3c[nH]c4cc(F)ccc34)cn2)CC1. The lowest BCUT2D eigenvalue weighted by atomic mass is 9.86. The number of hydrogen-bond acceptors (Lipinski definition) is 2. The van der Waals surface area contributed by atoms with Crippen LogP contribution >= 0.6 is 0 Å². The molecular weight excluding hydrogens is 307 g/mol. The number of halogens is 1. The Kier molecular flexibility index (Phi) is 3.59. The molecule has 0 unspecified atom stereocenters. The Morgan fingerprint density at radius 2 is 2.08 bits per heavy atom. The van der Waals surface area contributed by atoms with Crippen molar-refractivity contribution in [2.45, 2.75) is 31.7 Å². The average Bonchev–Trinajstić information content (AvgIpc) is 3.21. The number of nitrogens with zero attached hydrogens (tertiary/aromatic N) is 2. The second-order valence-corrected chi connectivity index (χ2v) is 6.51. The Morgan fingerprint density at radius 3 is 2.83 bits per heavy atom. The van der Waals surface area contributed by atoms with E-state index in [1.807, 2.05) is 23.3 Å². The molecule has 3 aromatic rings. The highest BCUT2D eigenvalue weighted by atomic mass is 19.1. The van der Waals surface area contributed by atoms with Crippen LogP contribution in [0.4, 0.5) is 4.39 Å². The molecule has 1 aliphatic rings. The van der Waals surface area contributed by atoms with Gasteiger partial charge >= 0.3 is 0 Å². The van der Waals surface area contributed by atoms with Gasteiger partial charge in [0.2, 0.25) is 5.91 Å². The normalized spacial score (nSPS) is 21.2. The molecule has 0 atom stereocenters. The quantitative estimate of drug-likeness (QED) is 0.774. The van der Waals surface area contributed by atoms with Gasteiger partial charge in [0.25, 0.3) is 0 Å². The maximum atomic E-state index is 13.3. The minimum Gasteiger partial charge on any atom is -0.369 e. The van der Waals surface area contributed by atoms with Crippen molar-refractivity contribution in [1.29, 1.82) is 0 Å². The smallest absolute Gasteiger partial charge is 0.220 e. The number of rotatable bonds is 3. The van der Waals surface area contributed by atoms with Gasteiger partial charge in [-0.3, -0.25) is 9.48 Å². The van der Waals surface area contributed by atoms with E-state index in [-0.39, 0.29) is 17.6 Å². The fourth-order valence-corrected chi connectivity index (χ4v) is 3.64. The highest BCUT2D eigenvalue weighted by Crippen LogP contribution is 2.34. The number of primary amides is 1. The first-order valence-corrected chi connectivity index (χ1v) is 8.22. The van der Waals surface area contributed by atoms with E-state index in [0.29, 0.717) is 6.04 Å². The topological polar surface area (TPSA) is 76.7 Å². The van der Waals surface area contributed by atoms with Crippen molar-refractivity contribution in [3.63, 3.8) is 0 Å². The van der Waals surface area contributed by atoms with E-state index in [1.54, 1.807) is 6.07 Å². The molecule has 6 heteroatoms. The Balaban J connectivity index is 1.57. The van der Waals surface area contributed by atoms with E-state index < -0.39 is 0 Å². The first-order chi connectivity index (χ1) is 11.6. The van der Waals surface area contributed by atoms with Crippen LogP contribution in [-0.4, -0.2) is 20.7 Å². The summed E-state index contributed by atoms with van der Waals surface area (Å²) in [6, 6.07) is 5.05. The summed E-state index contributed by atoms with van der Waals surface area (Å²) in [7, 11) is 0. The number of H-pyrrole nitrogens is 1. The number of nitrogens with one attached hydrogen (secondary N) is 1. The molecule has 2 heterocycles. The number of hydrogen-bond donors (Lipinski definition) is 2. The van der Waals surface area contributed by atoms with E-state index in [2.05, 4.69) is 10.1 Å². The third-order valence-electron chi connectivity index (χ3n) is 5.03. The van der Waals surface area contributed by atoms with E-state index >= 15 is 0 Å². The molecule has 0 bridgehead atoms. The van der Waals surface area contributed by atoms with Crippen LogP contribution in [0.5, 0.6) is 0 Å². The van der Waals surface area contributed by atoms with Crippen LogP contribution in [0.3, 0.4) is 0 Å². The van der Waals surface area contributed by atoms with Gasteiger partial charge in [-0.1, -0.05) is 0 Å². The van der Waals surface area contributed by atoms with Crippen LogP contribution < -0.4 is 5.73 Å². The van der Waals surface area contributed by atoms with Gasteiger partial charge in [-0.25, -0.2) is 4.39 Å². The van der Waals surface area contributed by atoms with Crippen molar-refractivity contribution in [2.75, 3.05) is 0 Å². The van der Waals surface area contributed by atoms with Crippen molar-refractivity contribution >= 4 is 16.8 Å². The lowest BCUT2D eigenvalue weighted by Crippen LogP contribution is -2.28. The number of nitrogens with two attached hydrogens (primary N) is 1. The van der Waals surface area contributed by atoms with Crippen molar-refractivity contribution in [1.82, 2.24) is 14.8 Å². The van der Waals surface area contributed by atoms with Gasteiger partial charge in [-0.15, -0.1) is 0 Å². The van der Waals surface area contributed by atoms with Crippen LogP contribution in [-0.2, 0) is 4.79 Å². The molecular formula is C18H19FN4O. The van der Waals surface area contributed by atoms with Gasteiger partial charge in [-0.05, 0) is 43.9 Å². The van der Waals surface area contributed by atoms with Gasteiger partial charge in [-0.2, -0.15) is 5.10 Å². The van der Waals surface area contributed by atoms with E-state index in [1.165, 1.54) is 12.1 Å². The molecule has 1 fully saturated rings. The number of fused-ring (bicyclic) bond motifs is 1. The minimum atomic E-state index is -0.252. The molecule has 0 aliphatic heterocycles. The lowest BCUT2D eigenvalue weighted by Gasteiger charge is -2.26. The maximum Gasteiger partial charge on any atom is 0.220 e. The van der Waals surface area contributed by atoms with E-state index in [9.17, 15) is 9.18 Å². The highest BCUT2D eigenvalue weighted by Gasteiger charge is 2.26. The van der Waals surface area contributed by atoms with Crippen molar-refractivity contribution in [3.8, 4) is 11.1 Å². The molecule has 1 aliphatic carbocycles. The molecule has 0 saturated heterocycles. The standard InChI is InChI=1S/C18H19FN4O/c19-13-3-6-15-16(9-21-17(15)7-13)12-8-22-23(10-12)14-4-1-11(2-5-14)18(20)24/h3,6-11,14,21H,1-2,4-5H2,(H2,20,24)/t11-,14+. The predicted molar refractivity (Wildman–Crippen MR) is 89.7 cm³/mol. The molecule has 5 nitrogen and oxygen atoms in total. The molecule has 4 rings (SSSR count). The van der Waals surface area contributed by atoms with E-state index in [0.717, 1.165) is 47.7 Å². The summed E-state index contributed by atoms with van der Waals surface area (Å²) in [5.74, 6) is -0.446. The average molecular weight is 326 g/mol. The number of aromatic amines is 1. The molecule has 0 spiro atoms. The first-order valence-electron chi connectivity index (χ1n) is 8.22. The largest absolute Gasteiger partial charge is 0.369 e. The summed E-state index contributed by atoms with van der Waals surface area (Å²) in [6.45, 7) is 0. The predicted octanol–water partition coefficient (Wildman–Crippen LogP) is 3.39. The van der Waals surface area contributed by atoms with Crippen LogP contribution in [0, 0.1) is 11.7 Å². The zero-order chi connectivity index (χ0) is 16.7. The summed E-state index contributed by atoms with van der Waals surface area (Å²) in [4.78, 5) is 14.4. The fourth-order valence-electron chi connectivity index (χ4n) is 3.64. The molecule has 0 radical (unpaired) electrons. The highest BCUT2D eigenvalue weighted by molar-refractivity contribution is 5.95. The summed E-state index contributed by atoms with van der Waals surface area (Å²) >= 11 is 0. The maximum absolute atomic E-state index is 13.3. The van der Waals surface area contributed by atoms with Gasteiger partial charge in [0.05, 0.1) is 12.2 Å². The Morgan fingerprint density at radius 1 is 1.29 bits per heavy atom. The lowest BCUT2D eigenvalue weighted by molar-refractivity contribution is -0.122. The molecule has 1 amide bonds. The van der Waals surface area contributed by atoms with Crippen LogP contribution in [0.25, 0.3) is 22.0 Å². The van der Waals surface area contributed by atoms with Crippen LogP contribution in [0.15, 0.2) is 36.8 Å². The van der Waals surface area contributed by atoms with Gasteiger partial charge in [0.1, 0.15) is 5.82 Å². The Labute approximate surface area is 138 Å². The van der Waals surface area contributed by atoms with E-state index in [4.69, 9.17) is 5.73 Å². The molecule has 1 saturated carbocycles. The first kappa shape index (κ1) is 14.9. The van der Waals surface area contributed by atoms with Crippen molar-refractivity contribution in [3.05, 3.63) is 42.6 Å². The summed E-state index contributed by atoms with van der Waals surface area (Å²) in [5, 5.41) is 5.48. The molecule has 124 valence electrons. The van der Waals surface area contributed by atoms with Gasteiger partial charge < -0.3 is 10.7 Å². The molecule has 3 N–H and O–H groups in total. The summed E-state index contributed by atoms with van der Waals surface area (Å²) in [5.41, 5.74) is 8.19.